The molecule has 1 aromatic carbocycles. The van der Waals surface area contributed by atoms with E-state index in [9.17, 15) is 0 Å². The predicted molar refractivity (Wildman–Crippen MR) is 86.4 cm³/mol. The third kappa shape index (κ3) is 2.86. The smallest absolute Gasteiger partial charge is 0.134 e. The normalized spacial score (nSPS) is 18.0. The van der Waals surface area contributed by atoms with E-state index < -0.39 is 0 Å². The van der Waals surface area contributed by atoms with Gasteiger partial charge in [-0.1, -0.05) is 0 Å². The second kappa shape index (κ2) is 5.78. The average Bonchev–Trinajstić information content (AvgIpc) is 2.87. The molecular formula is C16H21BrN2O. The van der Waals surface area contributed by atoms with E-state index in [4.69, 9.17) is 4.74 Å². The van der Waals surface area contributed by atoms with Crippen molar-refractivity contribution in [2.75, 3.05) is 13.1 Å². The van der Waals surface area contributed by atoms with Crippen molar-refractivity contribution in [1.82, 2.24) is 9.88 Å². The van der Waals surface area contributed by atoms with Crippen LogP contribution in [0.3, 0.4) is 0 Å². The summed E-state index contributed by atoms with van der Waals surface area (Å²) >= 11 is 3.61. The number of piperidine rings is 1. The zero-order valence-electron chi connectivity index (χ0n) is 12.0. The molecule has 0 atom stereocenters. The lowest BCUT2D eigenvalue weighted by Crippen LogP contribution is -2.41. The van der Waals surface area contributed by atoms with Crippen molar-refractivity contribution in [3.8, 4) is 5.75 Å². The number of halogens is 1. The molecule has 4 heteroatoms. The van der Waals surface area contributed by atoms with Crippen LogP contribution in [0.25, 0.3) is 10.9 Å². The number of rotatable bonds is 3. The Morgan fingerprint density at radius 2 is 2.05 bits per heavy atom. The molecule has 0 bridgehead atoms. The quantitative estimate of drug-likeness (QED) is 0.910. The van der Waals surface area contributed by atoms with Crippen LogP contribution in [0.4, 0.5) is 0 Å². The van der Waals surface area contributed by atoms with Gasteiger partial charge in [-0.25, -0.2) is 0 Å². The van der Waals surface area contributed by atoms with Crippen LogP contribution in [0.1, 0.15) is 26.7 Å². The van der Waals surface area contributed by atoms with Gasteiger partial charge in [-0.3, -0.25) is 0 Å². The highest BCUT2D eigenvalue weighted by Crippen LogP contribution is 2.32. The van der Waals surface area contributed by atoms with Gasteiger partial charge in [0.2, 0.25) is 0 Å². The highest BCUT2D eigenvalue weighted by molar-refractivity contribution is 9.10. The van der Waals surface area contributed by atoms with E-state index in [0.29, 0.717) is 12.1 Å². The van der Waals surface area contributed by atoms with Crippen molar-refractivity contribution in [1.29, 1.82) is 0 Å². The van der Waals surface area contributed by atoms with Crippen molar-refractivity contribution >= 4 is 26.8 Å². The number of hydrogen-bond acceptors (Lipinski definition) is 2. The van der Waals surface area contributed by atoms with Gasteiger partial charge in [0.15, 0.2) is 0 Å². The Morgan fingerprint density at radius 3 is 2.75 bits per heavy atom. The fraction of sp³-hybridized carbons (Fsp3) is 0.500. The van der Waals surface area contributed by atoms with E-state index in [1.54, 1.807) is 0 Å². The molecule has 0 unspecified atom stereocenters. The minimum absolute atomic E-state index is 0.331. The maximum atomic E-state index is 6.20. The van der Waals surface area contributed by atoms with E-state index in [1.165, 1.54) is 5.39 Å². The fourth-order valence-electron chi connectivity index (χ4n) is 2.83. The van der Waals surface area contributed by atoms with Gasteiger partial charge in [-0.15, -0.1) is 0 Å². The summed E-state index contributed by atoms with van der Waals surface area (Å²) in [5.74, 6) is 0.958. The molecule has 0 spiro atoms. The van der Waals surface area contributed by atoms with Crippen LogP contribution in [-0.4, -0.2) is 35.1 Å². The maximum absolute atomic E-state index is 6.20. The third-order valence-electron chi connectivity index (χ3n) is 4.11. The summed E-state index contributed by atoms with van der Waals surface area (Å²) in [4.78, 5) is 5.74. The molecule has 1 N–H and O–H groups in total. The number of H-pyrrole nitrogens is 1. The molecule has 3 nitrogen and oxygen atoms in total. The summed E-state index contributed by atoms with van der Waals surface area (Å²) in [6, 6.07) is 6.92. The van der Waals surface area contributed by atoms with Crippen LogP contribution in [-0.2, 0) is 0 Å². The van der Waals surface area contributed by atoms with Crippen LogP contribution in [0.5, 0.6) is 5.75 Å². The summed E-state index contributed by atoms with van der Waals surface area (Å²) in [7, 11) is 0. The molecule has 0 aliphatic carbocycles. The van der Waals surface area contributed by atoms with Gasteiger partial charge >= 0.3 is 0 Å². The number of aromatic amines is 1. The van der Waals surface area contributed by atoms with E-state index in [1.807, 2.05) is 6.20 Å². The van der Waals surface area contributed by atoms with Crippen molar-refractivity contribution in [2.24, 2.45) is 0 Å². The first-order valence-corrected chi connectivity index (χ1v) is 8.10. The molecule has 2 heterocycles. The van der Waals surface area contributed by atoms with Gasteiger partial charge in [0, 0.05) is 36.2 Å². The molecule has 0 amide bonds. The fourth-order valence-corrected chi connectivity index (χ4v) is 3.27. The van der Waals surface area contributed by atoms with Gasteiger partial charge in [-0.2, -0.15) is 0 Å². The van der Waals surface area contributed by atoms with Crippen molar-refractivity contribution in [3.05, 3.63) is 28.9 Å². The number of aromatic nitrogens is 1. The lowest BCUT2D eigenvalue weighted by molar-refractivity contribution is 0.0839. The van der Waals surface area contributed by atoms with E-state index in [-0.39, 0.29) is 0 Å². The Morgan fingerprint density at radius 1 is 1.30 bits per heavy atom. The highest BCUT2D eigenvalue weighted by atomic mass is 79.9. The standard InChI is InChI=1S/C16H21BrN2O/c1-11(2)19-7-4-13(5-8-19)20-16-9-12-3-6-18-15(12)10-14(16)17/h3,6,9-11,13,18H,4-5,7-8H2,1-2H3. The first kappa shape index (κ1) is 14.0. The topological polar surface area (TPSA) is 28.3 Å². The number of hydrogen-bond donors (Lipinski definition) is 1. The maximum Gasteiger partial charge on any atom is 0.134 e. The molecule has 1 aliphatic heterocycles. The summed E-state index contributed by atoms with van der Waals surface area (Å²) in [6.45, 7) is 6.79. The molecule has 3 rings (SSSR count). The SMILES string of the molecule is CC(C)N1CCC(Oc2cc3cc[nH]c3cc2Br)CC1. The number of nitrogens with one attached hydrogen (secondary N) is 1. The van der Waals surface area contributed by atoms with Crippen LogP contribution >= 0.6 is 15.9 Å². The molecule has 1 saturated heterocycles. The molecule has 1 fully saturated rings. The van der Waals surface area contributed by atoms with Crippen LogP contribution in [0, 0.1) is 0 Å². The second-order valence-corrected chi connectivity index (χ2v) is 6.65. The van der Waals surface area contributed by atoms with Gasteiger partial charge in [0.1, 0.15) is 11.9 Å². The number of likely N-dealkylation sites (tertiary alicyclic amines) is 1. The Kier molecular flexibility index (Phi) is 4.03. The molecular weight excluding hydrogens is 316 g/mol. The number of fused-ring (bicyclic) bond motifs is 1. The van der Waals surface area contributed by atoms with E-state index in [0.717, 1.165) is 41.7 Å². The summed E-state index contributed by atoms with van der Waals surface area (Å²) < 4.78 is 7.23. The lowest BCUT2D eigenvalue weighted by atomic mass is 10.1. The highest BCUT2D eigenvalue weighted by Gasteiger charge is 2.22. The minimum atomic E-state index is 0.331. The minimum Gasteiger partial charge on any atom is -0.489 e. The number of nitrogens with zero attached hydrogens (tertiary/aromatic N) is 1. The summed E-state index contributed by atoms with van der Waals surface area (Å²) in [6.07, 6.45) is 4.51. The largest absolute Gasteiger partial charge is 0.489 e. The number of benzene rings is 1. The van der Waals surface area contributed by atoms with Gasteiger partial charge in [-0.05, 0) is 60.8 Å². The summed E-state index contributed by atoms with van der Waals surface area (Å²) in [5, 5.41) is 1.20. The Labute approximate surface area is 128 Å². The summed E-state index contributed by atoms with van der Waals surface area (Å²) in [5.41, 5.74) is 1.14. The Balaban J connectivity index is 1.69. The molecule has 1 aliphatic rings. The molecule has 0 radical (unpaired) electrons. The van der Waals surface area contributed by atoms with Gasteiger partial charge in [0.25, 0.3) is 0 Å². The van der Waals surface area contributed by atoms with Crippen molar-refractivity contribution < 1.29 is 4.74 Å². The predicted octanol–water partition coefficient (Wildman–Crippen LogP) is 4.18. The average molecular weight is 337 g/mol. The van der Waals surface area contributed by atoms with Crippen LogP contribution in [0.2, 0.25) is 0 Å². The zero-order valence-corrected chi connectivity index (χ0v) is 13.6. The molecule has 0 saturated carbocycles. The molecule has 2 aromatic rings. The van der Waals surface area contributed by atoms with Gasteiger partial charge in [0.05, 0.1) is 4.47 Å². The monoisotopic (exact) mass is 336 g/mol. The van der Waals surface area contributed by atoms with E-state index >= 15 is 0 Å². The van der Waals surface area contributed by atoms with Crippen molar-refractivity contribution in [3.63, 3.8) is 0 Å². The Bertz CT molecular complexity index is 585. The first-order chi connectivity index (χ1) is 9.63. The number of ether oxygens (including phenoxy) is 1. The lowest BCUT2D eigenvalue weighted by Gasteiger charge is -2.34. The van der Waals surface area contributed by atoms with Crippen LogP contribution in [0.15, 0.2) is 28.9 Å². The van der Waals surface area contributed by atoms with Crippen LogP contribution < -0.4 is 4.74 Å². The third-order valence-corrected chi connectivity index (χ3v) is 4.73. The second-order valence-electron chi connectivity index (χ2n) is 5.79. The molecule has 20 heavy (non-hydrogen) atoms. The molecule has 1 aromatic heterocycles. The zero-order chi connectivity index (χ0) is 14.1. The van der Waals surface area contributed by atoms with Crippen molar-refractivity contribution in [2.45, 2.75) is 38.8 Å². The van der Waals surface area contributed by atoms with E-state index in [2.05, 4.69) is 57.9 Å². The van der Waals surface area contributed by atoms with Gasteiger partial charge < -0.3 is 14.6 Å². The first-order valence-electron chi connectivity index (χ1n) is 7.31. The Hall–Kier alpha value is -1.00. The molecule has 108 valence electrons.